The molecule has 0 bridgehead atoms. The van der Waals surface area contributed by atoms with E-state index in [1.807, 2.05) is 19.2 Å². The first kappa shape index (κ1) is 19.3. The number of carbonyl (C=O) groups excluding carboxylic acids is 1. The minimum Gasteiger partial charge on any atom is -0.342 e. The fourth-order valence-electron chi connectivity index (χ4n) is 4.78. The molecule has 0 radical (unpaired) electrons. The fourth-order valence-corrected chi connectivity index (χ4v) is 4.78. The van der Waals surface area contributed by atoms with Crippen molar-refractivity contribution in [2.24, 2.45) is 17.8 Å². The second kappa shape index (κ2) is 8.96. The van der Waals surface area contributed by atoms with Gasteiger partial charge in [0.15, 0.2) is 0 Å². The first-order chi connectivity index (χ1) is 12.6. The van der Waals surface area contributed by atoms with E-state index in [1.165, 1.54) is 12.8 Å². The first-order valence-electron chi connectivity index (χ1n) is 10.1. The van der Waals surface area contributed by atoms with E-state index in [4.69, 9.17) is 0 Å². The predicted octanol–water partition coefficient (Wildman–Crippen LogP) is 2.34. The van der Waals surface area contributed by atoms with Gasteiger partial charge in [0, 0.05) is 38.8 Å². The normalized spacial score (nSPS) is 25.2. The van der Waals surface area contributed by atoms with Crippen LogP contribution in [0.1, 0.15) is 31.9 Å². The van der Waals surface area contributed by atoms with E-state index in [-0.39, 0.29) is 0 Å². The molecule has 1 aromatic heterocycles. The molecule has 0 saturated carbocycles. The van der Waals surface area contributed by atoms with Crippen molar-refractivity contribution in [3.05, 3.63) is 30.1 Å². The van der Waals surface area contributed by atoms with Gasteiger partial charge in [0.2, 0.25) is 5.91 Å². The Balaban J connectivity index is 1.56. The van der Waals surface area contributed by atoms with Crippen LogP contribution in [0, 0.1) is 17.8 Å². The number of likely N-dealkylation sites (tertiary alicyclic amines) is 2. The van der Waals surface area contributed by atoms with E-state index in [1.54, 1.807) is 0 Å². The van der Waals surface area contributed by atoms with Crippen molar-refractivity contribution < 1.29 is 4.79 Å². The maximum absolute atomic E-state index is 12.2. The molecule has 1 amide bonds. The van der Waals surface area contributed by atoms with Crippen molar-refractivity contribution in [3.63, 3.8) is 0 Å². The van der Waals surface area contributed by atoms with Crippen molar-refractivity contribution in [1.82, 2.24) is 19.7 Å². The largest absolute Gasteiger partial charge is 0.342 e. The van der Waals surface area contributed by atoms with Crippen LogP contribution < -0.4 is 0 Å². The predicted molar refractivity (Wildman–Crippen MR) is 105 cm³/mol. The highest BCUT2D eigenvalue weighted by molar-refractivity contribution is 5.76. The van der Waals surface area contributed by atoms with E-state index >= 15 is 0 Å². The van der Waals surface area contributed by atoms with Gasteiger partial charge in [-0.1, -0.05) is 13.0 Å². The maximum Gasteiger partial charge on any atom is 0.222 e. The minimum atomic E-state index is 0.323. The van der Waals surface area contributed by atoms with E-state index < -0.39 is 0 Å². The second-order valence-electron chi connectivity index (χ2n) is 8.27. The van der Waals surface area contributed by atoms with E-state index in [9.17, 15) is 4.79 Å². The van der Waals surface area contributed by atoms with Crippen LogP contribution in [0.2, 0.25) is 0 Å². The molecule has 5 nitrogen and oxygen atoms in total. The van der Waals surface area contributed by atoms with Gasteiger partial charge in [-0.2, -0.15) is 0 Å². The number of piperidine rings is 1. The number of hydrogen-bond acceptors (Lipinski definition) is 4. The maximum atomic E-state index is 12.2. The highest BCUT2D eigenvalue weighted by atomic mass is 16.2. The van der Waals surface area contributed by atoms with Crippen molar-refractivity contribution in [2.45, 2.75) is 32.7 Å². The molecular weight excluding hydrogens is 324 g/mol. The van der Waals surface area contributed by atoms with Crippen molar-refractivity contribution >= 4 is 5.91 Å². The van der Waals surface area contributed by atoms with Gasteiger partial charge in [0.25, 0.3) is 0 Å². The van der Waals surface area contributed by atoms with Gasteiger partial charge in [0.1, 0.15) is 0 Å². The summed E-state index contributed by atoms with van der Waals surface area (Å²) in [5.41, 5.74) is 1.16. The Labute approximate surface area is 158 Å². The zero-order chi connectivity index (χ0) is 18.5. The number of rotatable bonds is 6. The third-order valence-corrected chi connectivity index (χ3v) is 6.10. The lowest BCUT2D eigenvalue weighted by Crippen LogP contribution is -2.39. The molecule has 0 N–H and O–H groups in total. The summed E-state index contributed by atoms with van der Waals surface area (Å²) in [5, 5.41) is 0. The van der Waals surface area contributed by atoms with Gasteiger partial charge in [-0.3, -0.25) is 14.7 Å². The lowest BCUT2D eigenvalue weighted by atomic mass is 9.78. The van der Waals surface area contributed by atoms with Gasteiger partial charge < -0.3 is 9.80 Å². The molecule has 26 heavy (non-hydrogen) atoms. The fraction of sp³-hybridized carbons (Fsp3) is 0.714. The van der Waals surface area contributed by atoms with Crippen LogP contribution in [0.4, 0.5) is 0 Å². The summed E-state index contributed by atoms with van der Waals surface area (Å²) in [7, 11) is 4.30. The van der Waals surface area contributed by atoms with Gasteiger partial charge in [-0.15, -0.1) is 0 Å². The second-order valence-corrected chi connectivity index (χ2v) is 8.27. The van der Waals surface area contributed by atoms with Crippen LogP contribution >= 0.6 is 0 Å². The minimum absolute atomic E-state index is 0.323. The molecule has 0 unspecified atom stereocenters. The first-order valence-corrected chi connectivity index (χ1v) is 10.1. The number of nitrogens with zero attached hydrogens (tertiary/aromatic N) is 4. The van der Waals surface area contributed by atoms with Crippen LogP contribution in [-0.2, 0) is 11.3 Å². The summed E-state index contributed by atoms with van der Waals surface area (Å²) in [6.45, 7) is 8.24. The Morgan fingerprint density at radius 3 is 2.62 bits per heavy atom. The lowest BCUT2D eigenvalue weighted by Gasteiger charge is -2.36. The van der Waals surface area contributed by atoms with Crippen molar-refractivity contribution in [3.8, 4) is 0 Å². The third-order valence-electron chi connectivity index (χ3n) is 6.10. The summed E-state index contributed by atoms with van der Waals surface area (Å²) >= 11 is 0. The van der Waals surface area contributed by atoms with Crippen LogP contribution in [0.3, 0.4) is 0 Å². The molecule has 0 spiro atoms. The molecule has 2 fully saturated rings. The Bertz CT molecular complexity index is 569. The Hall–Kier alpha value is -1.46. The van der Waals surface area contributed by atoms with Gasteiger partial charge in [-0.25, -0.2) is 0 Å². The lowest BCUT2D eigenvalue weighted by molar-refractivity contribution is -0.130. The van der Waals surface area contributed by atoms with Crippen LogP contribution in [0.5, 0.6) is 0 Å². The Morgan fingerprint density at radius 1 is 1.23 bits per heavy atom. The summed E-state index contributed by atoms with van der Waals surface area (Å²) < 4.78 is 0. The van der Waals surface area contributed by atoms with Gasteiger partial charge >= 0.3 is 0 Å². The molecule has 0 aliphatic carbocycles. The molecule has 3 heterocycles. The molecular formula is C21H34N4O. The average Bonchev–Trinajstić information content (AvgIpc) is 3.05. The third kappa shape index (κ3) is 4.83. The SMILES string of the molecule is CCC(=O)N1C[C@@H](CN(C)C)[C@@H](C2CCN(Cc3ccccn3)CC2)C1. The topological polar surface area (TPSA) is 39.7 Å². The molecule has 2 atom stereocenters. The van der Waals surface area contributed by atoms with Crippen LogP contribution in [0.15, 0.2) is 24.4 Å². The molecule has 0 aromatic carbocycles. The summed E-state index contributed by atoms with van der Waals surface area (Å²) in [6.07, 6.45) is 5.00. The van der Waals surface area contributed by atoms with Crippen molar-refractivity contribution in [1.29, 1.82) is 0 Å². The standard InChI is InChI=1S/C21H34N4O/c1-4-21(26)25-14-18(13-23(2)3)20(16-25)17-8-11-24(12-9-17)15-19-7-5-6-10-22-19/h5-7,10,17-18,20H,4,8-9,11-16H2,1-3H3/t18-,20-/m1/s1. The van der Waals surface area contributed by atoms with Crippen LogP contribution in [0.25, 0.3) is 0 Å². The summed E-state index contributed by atoms with van der Waals surface area (Å²) in [4.78, 5) is 23.6. The van der Waals surface area contributed by atoms with Crippen molar-refractivity contribution in [2.75, 3.05) is 46.8 Å². The van der Waals surface area contributed by atoms with E-state index in [0.29, 0.717) is 24.2 Å². The molecule has 5 heteroatoms. The number of hydrogen-bond donors (Lipinski definition) is 0. The molecule has 2 aliphatic rings. The number of pyridine rings is 1. The number of carbonyl (C=O) groups is 1. The summed E-state index contributed by atoms with van der Waals surface area (Å²) in [6, 6.07) is 6.16. The van der Waals surface area contributed by atoms with E-state index in [2.05, 4.69) is 45.9 Å². The quantitative estimate of drug-likeness (QED) is 0.783. The number of amides is 1. The number of aromatic nitrogens is 1. The molecule has 3 rings (SSSR count). The van der Waals surface area contributed by atoms with Gasteiger partial charge in [-0.05, 0) is 69.9 Å². The van der Waals surface area contributed by atoms with Gasteiger partial charge in [0.05, 0.1) is 5.69 Å². The monoisotopic (exact) mass is 358 g/mol. The highest BCUT2D eigenvalue weighted by Crippen LogP contribution is 2.36. The zero-order valence-electron chi connectivity index (χ0n) is 16.6. The smallest absolute Gasteiger partial charge is 0.222 e. The Morgan fingerprint density at radius 2 is 2.00 bits per heavy atom. The molecule has 144 valence electrons. The summed E-state index contributed by atoms with van der Waals surface area (Å²) in [5.74, 6) is 2.34. The molecule has 1 aromatic rings. The molecule has 2 aliphatic heterocycles. The Kier molecular flexibility index (Phi) is 6.65. The zero-order valence-corrected chi connectivity index (χ0v) is 16.6. The molecule has 2 saturated heterocycles. The highest BCUT2D eigenvalue weighted by Gasteiger charge is 2.40. The van der Waals surface area contributed by atoms with E-state index in [0.717, 1.165) is 50.9 Å². The van der Waals surface area contributed by atoms with Crippen LogP contribution in [-0.4, -0.2) is 72.4 Å². The average molecular weight is 359 g/mol.